The Labute approximate surface area is 98.2 Å². The van der Waals surface area contributed by atoms with E-state index in [-0.39, 0.29) is 0 Å². The quantitative estimate of drug-likeness (QED) is 0.659. The van der Waals surface area contributed by atoms with Crippen LogP contribution < -0.4 is 0 Å². The Morgan fingerprint density at radius 3 is 2.00 bits per heavy atom. The molecular formula is C14H33N. The molecule has 0 spiro atoms. The molecule has 0 bridgehead atoms. The van der Waals surface area contributed by atoms with Crippen LogP contribution in [0.2, 0.25) is 0 Å². The molecule has 1 heterocycles. The maximum absolute atomic E-state index is 2.64. The van der Waals surface area contributed by atoms with Crippen molar-refractivity contribution in [2.45, 2.75) is 79.7 Å². The third-order valence-electron chi connectivity index (χ3n) is 3.08. The van der Waals surface area contributed by atoms with Crippen molar-refractivity contribution in [2.75, 3.05) is 13.1 Å². The van der Waals surface area contributed by atoms with E-state index in [9.17, 15) is 0 Å². The Kier molecular flexibility index (Phi) is 12.1. The van der Waals surface area contributed by atoms with E-state index in [0.717, 1.165) is 0 Å². The summed E-state index contributed by atoms with van der Waals surface area (Å²) in [6.07, 6.45) is 5.52. The van der Waals surface area contributed by atoms with Crippen molar-refractivity contribution >= 4 is 0 Å². The van der Waals surface area contributed by atoms with Gasteiger partial charge in [0.05, 0.1) is 0 Å². The number of likely N-dealkylation sites (tertiary alicyclic amines) is 1. The highest BCUT2D eigenvalue weighted by Crippen LogP contribution is 2.32. The number of hydrogen-bond donors (Lipinski definition) is 0. The highest BCUT2D eigenvalue weighted by molar-refractivity contribution is 4.90. The normalized spacial score (nSPS) is 25.0. The molecule has 1 heteroatoms. The highest BCUT2D eigenvalue weighted by atomic mass is 15.2. The maximum atomic E-state index is 2.64. The molecule has 0 aromatic carbocycles. The van der Waals surface area contributed by atoms with Crippen LogP contribution in [0.5, 0.6) is 0 Å². The zero-order chi connectivity index (χ0) is 12.3. The standard InChI is InChI=1S/C10H21N.2C2H6/c1-4-7-10(3)8-6-9-11(10)5-2;2*1-2/h4-9H2,1-3H3;2*1-2H3. The molecule has 0 aromatic heterocycles. The summed E-state index contributed by atoms with van der Waals surface area (Å²) in [5.41, 5.74) is 0.545. The van der Waals surface area contributed by atoms with Gasteiger partial charge in [0.1, 0.15) is 0 Å². The largest absolute Gasteiger partial charge is 0.298 e. The Morgan fingerprint density at radius 2 is 1.60 bits per heavy atom. The highest BCUT2D eigenvalue weighted by Gasteiger charge is 2.33. The molecule has 0 amide bonds. The summed E-state index contributed by atoms with van der Waals surface area (Å²) in [5, 5.41) is 0. The predicted octanol–water partition coefficient (Wildman–Crippen LogP) is 4.71. The van der Waals surface area contributed by atoms with Crippen LogP contribution in [0, 0.1) is 0 Å². The molecule has 0 aliphatic carbocycles. The number of rotatable bonds is 3. The molecule has 1 fully saturated rings. The molecule has 94 valence electrons. The molecular weight excluding hydrogens is 182 g/mol. The average Bonchev–Trinajstić information content (AvgIpc) is 2.65. The minimum Gasteiger partial charge on any atom is -0.298 e. The van der Waals surface area contributed by atoms with Gasteiger partial charge in [-0.25, -0.2) is 0 Å². The second-order valence-corrected chi connectivity index (χ2v) is 3.93. The molecule has 0 saturated carbocycles. The van der Waals surface area contributed by atoms with Crippen molar-refractivity contribution in [3.63, 3.8) is 0 Å². The van der Waals surface area contributed by atoms with Crippen molar-refractivity contribution in [3.8, 4) is 0 Å². The van der Waals surface area contributed by atoms with Crippen molar-refractivity contribution < 1.29 is 0 Å². The number of hydrogen-bond acceptors (Lipinski definition) is 1. The van der Waals surface area contributed by atoms with Gasteiger partial charge in [0.15, 0.2) is 0 Å². The molecule has 0 aromatic rings. The van der Waals surface area contributed by atoms with Gasteiger partial charge < -0.3 is 0 Å². The molecule has 15 heavy (non-hydrogen) atoms. The van der Waals surface area contributed by atoms with Crippen LogP contribution in [-0.4, -0.2) is 23.5 Å². The predicted molar refractivity (Wildman–Crippen MR) is 72.5 cm³/mol. The van der Waals surface area contributed by atoms with Crippen molar-refractivity contribution in [3.05, 3.63) is 0 Å². The van der Waals surface area contributed by atoms with Crippen molar-refractivity contribution in [1.82, 2.24) is 4.90 Å². The van der Waals surface area contributed by atoms with Gasteiger partial charge in [-0.1, -0.05) is 48.0 Å². The lowest BCUT2D eigenvalue weighted by Gasteiger charge is -2.34. The molecule has 1 unspecified atom stereocenters. The average molecular weight is 215 g/mol. The van der Waals surface area contributed by atoms with Gasteiger partial charge in [-0.2, -0.15) is 0 Å². The Bertz CT molecular complexity index is 123. The second-order valence-electron chi connectivity index (χ2n) is 3.93. The first-order valence-corrected chi connectivity index (χ1v) is 6.98. The summed E-state index contributed by atoms with van der Waals surface area (Å²) in [6.45, 7) is 17.5. The van der Waals surface area contributed by atoms with Crippen LogP contribution >= 0.6 is 0 Å². The van der Waals surface area contributed by atoms with Gasteiger partial charge >= 0.3 is 0 Å². The fraction of sp³-hybridized carbons (Fsp3) is 1.00. The smallest absolute Gasteiger partial charge is 0.0181 e. The zero-order valence-electron chi connectivity index (χ0n) is 12.2. The first-order chi connectivity index (χ1) is 7.23. The fourth-order valence-electron chi connectivity index (χ4n) is 2.44. The van der Waals surface area contributed by atoms with E-state index in [2.05, 4.69) is 25.7 Å². The van der Waals surface area contributed by atoms with Gasteiger partial charge in [-0.15, -0.1) is 0 Å². The minimum atomic E-state index is 0.545. The fourth-order valence-corrected chi connectivity index (χ4v) is 2.44. The lowest BCUT2D eigenvalue weighted by Crippen LogP contribution is -2.40. The number of nitrogens with zero attached hydrogens (tertiary/aromatic N) is 1. The maximum Gasteiger partial charge on any atom is 0.0181 e. The summed E-state index contributed by atoms with van der Waals surface area (Å²) in [4.78, 5) is 2.64. The third kappa shape index (κ3) is 5.55. The molecule has 1 aliphatic heterocycles. The third-order valence-corrected chi connectivity index (χ3v) is 3.08. The van der Waals surface area contributed by atoms with Crippen LogP contribution in [0.3, 0.4) is 0 Å². The Hall–Kier alpha value is -0.0400. The van der Waals surface area contributed by atoms with Crippen molar-refractivity contribution in [2.24, 2.45) is 0 Å². The van der Waals surface area contributed by atoms with Crippen LogP contribution in [-0.2, 0) is 0 Å². The van der Waals surface area contributed by atoms with Gasteiger partial charge in [-0.05, 0) is 39.3 Å². The molecule has 0 N–H and O–H groups in total. The Balaban J connectivity index is 0. The Morgan fingerprint density at radius 1 is 1.07 bits per heavy atom. The van der Waals surface area contributed by atoms with Crippen LogP contribution in [0.15, 0.2) is 0 Å². The first kappa shape index (κ1) is 17.4. The molecule has 1 rings (SSSR count). The molecule has 1 nitrogen and oxygen atoms in total. The van der Waals surface area contributed by atoms with E-state index >= 15 is 0 Å². The van der Waals surface area contributed by atoms with Crippen LogP contribution in [0.4, 0.5) is 0 Å². The van der Waals surface area contributed by atoms with Gasteiger partial charge in [-0.3, -0.25) is 4.90 Å². The van der Waals surface area contributed by atoms with Gasteiger partial charge in [0.25, 0.3) is 0 Å². The SMILES string of the molecule is CC.CC.CCCC1(C)CCCN1CC. The summed E-state index contributed by atoms with van der Waals surface area (Å²) in [7, 11) is 0. The van der Waals surface area contributed by atoms with E-state index < -0.39 is 0 Å². The molecule has 0 radical (unpaired) electrons. The molecule has 1 saturated heterocycles. The monoisotopic (exact) mass is 215 g/mol. The summed E-state index contributed by atoms with van der Waals surface area (Å²) in [6, 6.07) is 0. The summed E-state index contributed by atoms with van der Waals surface area (Å²) in [5.74, 6) is 0. The zero-order valence-corrected chi connectivity index (χ0v) is 12.2. The van der Waals surface area contributed by atoms with Gasteiger partial charge in [0, 0.05) is 5.54 Å². The first-order valence-electron chi connectivity index (χ1n) is 6.98. The van der Waals surface area contributed by atoms with Gasteiger partial charge in [0.2, 0.25) is 0 Å². The van der Waals surface area contributed by atoms with Crippen molar-refractivity contribution in [1.29, 1.82) is 0 Å². The summed E-state index contributed by atoms with van der Waals surface area (Å²) < 4.78 is 0. The van der Waals surface area contributed by atoms with E-state index in [4.69, 9.17) is 0 Å². The van der Waals surface area contributed by atoms with Crippen LogP contribution in [0.1, 0.15) is 74.1 Å². The van der Waals surface area contributed by atoms with Crippen LogP contribution in [0.25, 0.3) is 0 Å². The van der Waals surface area contributed by atoms with E-state index in [1.807, 2.05) is 27.7 Å². The minimum absolute atomic E-state index is 0.545. The second kappa shape index (κ2) is 10.5. The molecule has 1 atom stereocenters. The van der Waals surface area contributed by atoms with E-state index in [1.165, 1.54) is 38.8 Å². The van der Waals surface area contributed by atoms with E-state index in [0.29, 0.717) is 5.54 Å². The topological polar surface area (TPSA) is 3.24 Å². The lowest BCUT2D eigenvalue weighted by molar-refractivity contribution is 0.152. The lowest BCUT2D eigenvalue weighted by atomic mass is 9.93. The van der Waals surface area contributed by atoms with E-state index in [1.54, 1.807) is 0 Å². The summed E-state index contributed by atoms with van der Waals surface area (Å²) >= 11 is 0. The molecule has 1 aliphatic rings.